The summed E-state index contributed by atoms with van der Waals surface area (Å²) in [6.45, 7) is 14.4. The smallest absolute Gasteiger partial charge is 0.123 e. The second-order valence-corrected chi connectivity index (χ2v) is 7.09. The second-order valence-electron chi connectivity index (χ2n) is 7.09. The van der Waals surface area contributed by atoms with E-state index in [4.69, 9.17) is 10.5 Å². The Morgan fingerprint density at radius 3 is 2.21 bits per heavy atom. The van der Waals surface area contributed by atoms with Crippen molar-refractivity contribution in [2.75, 3.05) is 13.2 Å². The van der Waals surface area contributed by atoms with Crippen LogP contribution in [0.2, 0.25) is 0 Å². The summed E-state index contributed by atoms with van der Waals surface area (Å²) in [7, 11) is 0. The predicted octanol–water partition coefficient (Wildman–Crippen LogP) is 3.91. The molecule has 0 radical (unpaired) electrons. The lowest BCUT2D eigenvalue weighted by molar-refractivity contribution is 0.184. The molecule has 2 N–H and O–H groups in total. The standard InChI is InChI=1S/C17H29NO/c1-7-13-8-9-15(14(10-13)16(2,3)4)19-12-17(5,6)11-18/h8-10H,7,11-12,18H2,1-6H3. The van der Waals surface area contributed by atoms with Gasteiger partial charge in [0.05, 0.1) is 6.61 Å². The van der Waals surface area contributed by atoms with Crippen LogP contribution in [0.1, 0.15) is 52.7 Å². The van der Waals surface area contributed by atoms with Crippen molar-refractivity contribution in [2.45, 2.75) is 53.4 Å². The molecular weight excluding hydrogens is 234 g/mol. The fourth-order valence-corrected chi connectivity index (χ4v) is 1.84. The van der Waals surface area contributed by atoms with Gasteiger partial charge in [-0.15, -0.1) is 0 Å². The van der Waals surface area contributed by atoms with Crippen LogP contribution in [0.15, 0.2) is 18.2 Å². The number of hydrogen-bond donors (Lipinski definition) is 1. The topological polar surface area (TPSA) is 35.2 Å². The van der Waals surface area contributed by atoms with Crippen LogP contribution in [0.3, 0.4) is 0 Å². The van der Waals surface area contributed by atoms with E-state index in [-0.39, 0.29) is 10.8 Å². The first-order valence-electron chi connectivity index (χ1n) is 7.16. The van der Waals surface area contributed by atoms with Gasteiger partial charge < -0.3 is 10.5 Å². The molecule has 1 rings (SSSR count). The highest BCUT2D eigenvalue weighted by Gasteiger charge is 2.22. The first-order valence-corrected chi connectivity index (χ1v) is 7.16. The Bertz CT molecular complexity index is 416. The van der Waals surface area contributed by atoms with E-state index in [1.807, 2.05) is 0 Å². The summed E-state index contributed by atoms with van der Waals surface area (Å²) in [6, 6.07) is 6.52. The van der Waals surface area contributed by atoms with Gasteiger partial charge in [-0.2, -0.15) is 0 Å². The molecule has 0 aliphatic heterocycles. The molecule has 2 heteroatoms. The Morgan fingerprint density at radius 2 is 1.74 bits per heavy atom. The van der Waals surface area contributed by atoms with Gasteiger partial charge in [0.2, 0.25) is 0 Å². The Morgan fingerprint density at radius 1 is 1.11 bits per heavy atom. The molecular formula is C17H29NO. The van der Waals surface area contributed by atoms with E-state index in [2.05, 4.69) is 59.7 Å². The fourth-order valence-electron chi connectivity index (χ4n) is 1.84. The van der Waals surface area contributed by atoms with E-state index >= 15 is 0 Å². The number of aryl methyl sites for hydroxylation is 1. The van der Waals surface area contributed by atoms with Gasteiger partial charge in [0, 0.05) is 12.0 Å². The zero-order valence-electron chi connectivity index (χ0n) is 13.3. The molecule has 1 aromatic carbocycles. The van der Waals surface area contributed by atoms with Crippen molar-refractivity contribution in [3.63, 3.8) is 0 Å². The molecule has 0 unspecified atom stereocenters. The van der Waals surface area contributed by atoms with Crippen molar-refractivity contribution < 1.29 is 4.74 Å². The van der Waals surface area contributed by atoms with Crippen molar-refractivity contribution >= 4 is 0 Å². The van der Waals surface area contributed by atoms with Gasteiger partial charge >= 0.3 is 0 Å². The molecule has 0 aliphatic carbocycles. The van der Waals surface area contributed by atoms with Gasteiger partial charge in [-0.1, -0.05) is 53.7 Å². The fraction of sp³-hybridized carbons (Fsp3) is 0.647. The van der Waals surface area contributed by atoms with E-state index < -0.39 is 0 Å². The molecule has 0 spiro atoms. The Balaban J connectivity index is 3.00. The largest absolute Gasteiger partial charge is 0.493 e. The maximum absolute atomic E-state index is 6.04. The first kappa shape index (κ1) is 16.0. The van der Waals surface area contributed by atoms with Gasteiger partial charge in [0.25, 0.3) is 0 Å². The molecule has 0 saturated heterocycles. The van der Waals surface area contributed by atoms with E-state index in [0.29, 0.717) is 13.2 Å². The van der Waals surface area contributed by atoms with Crippen molar-refractivity contribution in [3.05, 3.63) is 29.3 Å². The van der Waals surface area contributed by atoms with E-state index in [9.17, 15) is 0 Å². The van der Waals surface area contributed by atoms with Crippen LogP contribution >= 0.6 is 0 Å². The van der Waals surface area contributed by atoms with E-state index in [0.717, 1.165) is 12.2 Å². The molecule has 2 nitrogen and oxygen atoms in total. The number of benzene rings is 1. The lowest BCUT2D eigenvalue weighted by atomic mass is 9.85. The summed E-state index contributed by atoms with van der Waals surface area (Å²) in [4.78, 5) is 0. The predicted molar refractivity (Wildman–Crippen MR) is 82.9 cm³/mol. The molecule has 19 heavy (non-hydrogen) atoms. The van der Waals surface area contributed by atoms with Crippen molar-refractivity contribution in [1.82, 2.24) is 0 Å². The summed E-state index contributed by atoms with van der Waals surface area (Å²) in [5, 5.41) is 0. The summed E-state index contributed by atoms with van der Waals surface area (Å²) in [5.74, 6) is 0.992. The van der Waals surface area contributed by atoms with Crippen molar-refractivity contribution in [3.8, 4) is 5.75 Å². The first-order chi connectivity index (χ1) is 8.69. The molecule has 0 saturated carbocycles. The monoisotopic (exact) mass is 263 g/mol. The minimum atomic E-state index is 0.0125. The van der Waals surface area contributed by atoms with Gasteiger partial charge in [-0.3, -0.25) is 0 Å². The van der Waals surface area contributed by atoms with Crippen LogP contribution in [-0.4, -0.2) is 13.2 Å². The van der Waals surface area contributed by atoms with Gasteiger partial charge in [-0.05, 0) is 29.0 Å². The third-order valence-corrected chi connectivity index (χ3v) is 3.43. The molecule has 0 heterocycles. The van der Waals surface area contributed by atoms with Crippen LogP contribution in [0, 0.1) is 5.41 Å². The molecule has 1 aromatic rings. The zero-order valence-corrected chi connectivity index (χ0v) is 13.3. The zero-order chi connectivity index (χ0) is 14.7. The lowest BCUT2D eigenvalue weighted by Gasteiger charge is -2.27. The summed E-state index contributed by atoms with van der Waals surface area (Å²) in [6.07, 6.45) is 1.05. The van der Waals surface area contributed by atoms with Crippen LogP contribution in [0.25, 0.3) is 0 Å². The number of nitrogens with two attached hydrogens (primary N) is 1. The number of hydrogen-bond acceptors (Lipinski definition) is 2. The minimum absolute atomic E-state index is 0.0125. The van der Waals surface area contributed by atoms with Gasteiger partial charge in [-0.25, -0.2) is 0 Å². The SMILES string of the molecule is CCc1ccc(OCC(C)(C)CN)c(C(C)(C)C)c1. The molecule has 0 amide bonds. The average molecular weight is 263 g/mol. The van der Waals surface area contributed by atoms with Crippen LogP contribution < -0.4 is 10.5 Å². The summed E-state index contributed by atoms with van der Waals surface area (Å²) < 4.78 is 6.04. The highest BCUT2D eigenvalue weighted by molar-refractivity contribution is 5.41. The van der Waals surface area contributed by atoms with E-state index in [1.165, 1.54) is 11.1 Å². The lowest BCUT2D eigenvalue weighted by Crippen LogP contribution is -2.30. The molecule has 0 aromatic heterocycles. The third kappa shape index (κ3) is 4.54. The van der Waals surface area contributed by atoms with Gasteiger partial charge in [0.15, 0.2) is 0 Å². The van der Waals surface area contributed by atoms with E-state index in [1.54, 1.807) is 0 Å². The van der Waals surface area contributed by atoms with Gasteiger partial charge in [0.1, 0.15) is 5.75 Å². The summed E-state index contributed by atoms with van der Waals surface area (Å²) in [5.41, 5.74) is 8.50. The average Bonchev–Trinajstić information content (AvgIpc) is 2.35. The second kappa shape index (κ2) is 5.96. The number of rotatable bonds is 5. The van der Waals surface area contributed by atoms with Crippen LogP contribution in [-0.2, 0) is 11.8 Å². The maximum atomic E-state index is 6.04. The number of ether oxygens (including phenoxy) is 1. The highest BCUT2D eigenvalue weighted by atomic mass is 16.5. The Kier molecular flexibility index (Phi) is 5.03. The third-order valence-electron chi connectivity index (χ3n) is 3.43. The van der Waals surface area contributed by atoms with Crippen molar-refractivity contribution in [1.29, 1.82) is 0 Å². The molecule has 0 aliphatic rings. The highest BCUT2D eigenvalue weighted by Crippen LogP contribution is 2.33. The minimum Gasteiger partial charge on any atom is -0.493 e. The molecule has 0 fully saturated rings. The van der Waals surface area contributed by atoms with Crippen LogP contribution in [0.4, 0.5) is 0 Å². The quantitative estimate of drug-likeness (QED) is 0.874. The van der Waals surface area contributed by atoms with Crippen LogP contribution in [0.5, 0.6) is 5.75 Å². The normalized spacial score (nSPS) is 12.6. The molecule has 0 bridgehead atoms. The van der Waals surface area contributed by atoms with Crippen molar-refractivity contribution in [2.24, 2.45) is 11.1 Å². The Hall–Kier alpha value is -1.02. The summed E-state index contributed by atoms with van der Waals surface area (Å²) >= 11 is 0. The molecule has 108 valence electrons. The maximum Gasteiger partial charge on any atom is 0.123 e. The molecule has 0 atom stereocenters. The Labute approximate surface area is 118 Å².